The van der Waals surface area contributed by atoms with E-state index in [0.29, 0.717) is 0 Å². The molecule has 2 heterocycles. The van der Waals surface area contributed by atoms with Gasteiger partial charge in [0.25, 0.3) is 0 Å². The van der Waals surface area contributed by atoms with Crippen molar-refractivity contribution in [1.82, 2.24) is 0 Å². The normalized spacial score (nSPS) is 14.5. The van der Waals surface area contributed by atoms with Crippen LogP contribution >= 0.6 is 23.5 Å². The van der Waals surface area contributed by atoms with Crippen molar-refractivity contribution in [3.8, 4) is 0 Å². The molecule has 2 aliphatic heterocycles. The van der Waals surface area contributed by atoms with Crippen LogP contribution in [0.3, 0.4) is 0 Å². The molecule has 73 heavy (non-hydrogen) atoms. The van der Waals surface area contributed by atoms with Gasteiger partial charge in [-0.05, 0) is 74.4 Å². The van der Waals surface area contributed by atoms with Gasteiger partial charge < -0.3 is 0 Å². The molecule has 10 aromatic rings. The molecule has 0 radical (unpaired) electrons. The van der Waals surface area contributed by atoms with Crippen LogP contribution in [0.4, 0.5) is 0 Å². The third kappa shape index (κ3) is 7.64. The number of hydrogen-bond donors (Lipinski definition) is 0. The Bertz CT molecular complexity index is 3350. The lowest BCUT2D eigenvalue weighted by atomic mass is 10.3. The quantitative estimate of drug-likeness (QED) is 0.101. The minimum atomic E-state index is -2.97. The van der Waals surface area contributed by atoms with E-state index in [2.05, 4.69) is 294 Å². The van der Waals surface area contributed by atoms with Gasteiger partial charge in [0.15, 0.2) is 16.1 Å². The van der Waals surface area contributed by atoms with Gasteiger partial charge in [0.2, 0.25) is 0 Å². The summed E-state index contributed by atoms with van der Waals surface area (Å²) in [6, 6.07) is 99.6. The Morgan fingerprint density at radius 1 is 0.274 bits per heavy atom. The molecule has 0 N–H and O–H groups in total. The van der Waals surface area contributed by atoms with Crippen LogP contribution in [0, 0.1) is 0 Å². The predicted octanol–water partition coefficient (Wildman–Crippen LogP) is 7.84. The maximum Gasteiger partial charge on any atom is 0.180 e. The number of hydrogen-bond acceptors (Lipinski definition) is 2. The molecule has 0 atom stereocenters. The third-order valence-electron chi connectivity index (χ3n) is 16.6. The molecule has 0 bridgehead atoms. The smallest absolute Gasteiger partial charge is 0.0904 e. The first-order valence-electron chi connectivity index (χ1n) is 25.7. The van der Waals surface area contributed by atoms with Crippen molar-refractivity contribution in [3.63, 3.8) is 0 Å². The molecule has 2 aliphatic rings. The summed E-state index contributed by atoms with van der Waals surface area (Å²) in [7, 11) is -12.5. The van der Waals surface area contributed by atoms with Gasteiger partial charge in [-0.2, -0.15) is 0 Å². The molecule has 7 heteroatoms. The minimum Gasteiger partial charge on any atom is -0.0904 e. The minimum absolute atomic E-state index is 1.42. The molecular formula is C66H60S2Si5. The second-order valence-corrected chi connectivity index (χ2v) is 44.3. The Morgan fingerprint density at radius 3 is 0.904 bits per heavy atom. The zero-order chi connectivity index (χ0) is 50.0. The molecule has 12 rings (SSSR count). The van der Waals surface area contributed by atoms with Gasteiger partial charge in [0.05, 0.1) is 0 Å². The summed E-state index contributed by atoms with van der Waals surface area (Å²) in [5, 5.41) is 20.7. The Hall–Kier alpha value is -6.02. The molecular weight excluding hydrogens is 997 g/mol. The highest BCUT2D eigenvalue weighted by Crippen LogP contribution is 2.35. The Kier molecular flexibility index (Phi) is 12.3. The summed E-state index contributed by atoms with van der Waals surface area (Å²) in [6.45, 7) is 15.4. The maximum absolute atomic E-state index is 2.97. The lowest BCUT2D eigenvalue weighted by Crippen LogP contribution is -2.77. The van der Waals surface area contributed by atoms with Crippen LogP contribution in [0.2, 0.25) is 39.3 Å². The van der Waals surface area contributed by atoms with E-state index in [0.717, 1.165) is 0 Å². The maximum atomic E-state index is 2.68. The molecule has 0 amide bonds. The average Bonchev–Trinajstić information content (AvgIpc) is 3.43. The monoisotopic (exact) mass is 1060 g/mol. The first-order chi connectivity index (χ1) is 35.5. The van der Waals surface area contributed by atoms with E-state index in [9.17, 15) is 0 Å². The van der Waals surface area contributed by atoms with E-state index >= 15 is 0 Å². The number of rotatable bonds is 10. The highest BCUT2D eigenvalue weighted by molar-refractivity contribution is 8.00. The number of fused-ring (bicyclic) bond motifs is 4. The van der Waals surface area contributed by atoms with Crippen LogP contribution in [-0.2, 0) is 0 Å². The zero-order valence-electron chi connectivity index (χ0n) is 42.6. The Labute approximate surface area is 446 Å². The van der Waals surface area contributed by atoms with Gasteiger partial charge in [0, 0.05) is 19.6 Å². The molecule has 0 saturated heterocycles. The highest BCUT2D eigenvalue weighted by Gasteiger charge is 2.49. The predicted molar refractivity (Wildman–Crippen MR) is 331 cm³/mol. The molecule has 0 aliphatic carbocycles. The van der Waals surface area contributed by atoms with Crippen LogP contribution < -0.4 is 72.6 Å². The van der Waals surface area contributed by atoms with Gasteiger partial charge in [0.1, 0.15) is 24.2 Å². The second kappa shape index (κ2) is 18.7. The first kappa shape index (κ1) is 48.0. The third-order valence-corrected chi connectivity index (χ3v) is 40.3. The molecule has 0 nitrogen and oxygen atoms in total. The molecule has 0 aromatic heterocycles. The molecule has 0 saturated carbocycles. The summed E-state index contributed by atoms with van der Waals surface area (Å²) in [6.07, 6.45) is 0. The van der Waals surface area contributed by atoms with E-state index in [1.165, 1.54) is 71.4 Å². The van der Waals surface area contributed by atoms with Crippen molar-refractivity contribution in [2.24, 2.45) is 0 Å². The van der Waals surface area contributed by atoms with E-state index < -0.39 is 40.4 Å². The molecule has 0 spiro atoms. The summed E-state index contributed by atoms with van der Waals surface area (Å²) in [5.41, 5.74) is 0. The van der Waals surface area contributed by atoms with Crippen LogP contribution in [0.15, 0.2) is 274 Å². The van der Waals surface area contributed by atoms with Crippen molar-refractivity contribution in [2.75, 3.05) is 0 Å². The second-order valence-electron chi connectivity index (χ2n) is 21.6. The SMILES string of the molecule is C[Si](C)(c1cccc([Si](c2ccccc2)(c2ccccc2)c2cccc3c2Sc2ccccc2[Si]3(C)C)c1)c1cccc([Si](c2ccccc2)(c2ccccc2)c2cccc3c2Sc2ccccc2[Si]3(C)C)c1. The van der Waals surface area contributed by atoms with Gasteiger partial charge in [-0.15, -0.1) is 0 Å². The average molecular weight is 1060 g/mol. The summed E-state index contributed by atoms with van der Waals surface area (Å²) in [5.74, 6) is 0. The first-order valence-corrected chi connectivity index (χ1v) is 40.4. The lowest BCUT2D eigenvalue weighted by Gasteiger charge is -2.41. The standard InChI is InChI=1S/C66H60S2Si5/c1-69(2,53-35-23-37-55(47-53)72(49-27-11-7-12-28-49,50-29-13-8-14-30-50)63-45-25-43-61-65(63)67-57-39-19-21-41-59(57)70(61,3)4)54-36-24-38-56(48-54)73(51-31-15-9-16-32-51,52-33-17-10-18-34-52)64-46-26-44-62-66(64)68-58-40-20-22-42-60(58)71(62,5)6/h7-48H,1-6H3. The van der Waals surface area contributed by atoms with E-state index in [1.54, 1.807) is 20.7 Å². The fourth-order valence-corrected chi connectivity index (χ4v) is 37.4. The fraction of sp³-hybridized carbons (Fsp3) is 0.0909. The van der Waals surface area contributed by atoms with Crippen molar-refractivity contribution in [2.45, 2.75) is 58.9 Å². The van der Waals surface area contributed by atoms with Crippen molar-refractivity contribution in [3.05, 3.63) is 255 Å². The lowest BCUT2D eigenvalue weighted by molar-refractivity contribution is 1.42. The fourth-order valence-electron chi connectivity index (χ4n) is 12.7. The Balaban J connectivity index is 1.08. The van der Waals surface area contributed by atoms with Gasteiger partial charge in [-0.1, -0.05) is 316 Å². The van der Waals surface area contributed by atoms with Crippen molar-refractivity contribution in [1.29, 1.82) is 0 Å². The largest absolute Gasteiger partial charge is 0.180 e. The van der Waals surface area contributed by atoms with Crippen molar-refractivity contribution < 1.29 is 0 Å². The molecule has 0 fully saturated rings. The van der Waals surface area contributed by atoms with Gasteiger partial charge in [-0.25, -0.2) is 0 Å². The zero-order valence-corrected chi connectivity index (χ0v) is 49.2. The van der Waals surface area contributed by atoms with Crippen LogP contribution in [0.5, 0.6) is 0 Å². The van der Waals surface area contributed by atoms with Gasteiger partial charge >= 0.3 is 0 Å². The molecule has 10 aromatic carbocycles. The number of benzene rings is 10. The van der Waals surface area contributed by atoms with Crippen LogP contribution in [-0.4, -0.2) is 40.4 Å². The van der Waals surface area contributed by atoms with Gasteiger partial charge in [-0.3, -0.25) is 0 Å². The summed E-state index contributed by atoms with van der Waals surface area (Å²) in [4.78, 5) is 5.79. The van der Waals surface area contributed by atoms with Crippen LogP contribution in [0.25, 0.3) is 0 Å². The van der Waals surface area contributed by atoms with Crippen molar-refractivity contribution >= 4 is 137 Å². The highest BCUT2D eigenvalue weighted by atomic mass is 32.2. The van der Waals surface area contributed by atoms with E-state index in [1.807, 2.05) is 23.5 Å². The van der Waals surface area contributed by atoms with E-state index in [4.69, 9.17) is 0 Å². The summed E-state index contributed by atoms with van der Waals surface area (Å²) >= 11 is 4.03. The van der Waals surface area contributed by atoms with Crippen LogP contribution in [0.1, 0.15) is 0 Å². The topological polar surface area (TPSA) is 0 Å². The van der Waals surface area contributed by atoms with E-state index in [-0.39, 0.29) is 0 Å². The summed E-state index contributed by atoms with van der Waals surface area (Å²) < 4.78 is 0. The molecule has 0 unspecified atom stereocenters. The molecule has 356 valence electrons. The Morgan fingerprint density at radius 2 is 0.548 bits per heavy atom.